The molecule has 1 aromatic rings. The Morgan fingerprint density at radius 3 is 2.76 bits per heavy atom. The maximum Gasteiger partial charge on any atom is 0.234 e. The van der Waals surface area contributed by atoms with Crippen molar-refractivity contribution in [2.75, 3.05) is 14.2 Å². The van der Waals surface area contributed by atoms with Gasteiger partial charge in [-0.2, -0.15) is 5.26 Å². The van der Waals surface area contributed by atoms with Crippen LogP contribution in [0.15, 0.2) is 18.2 Å². The Hall–Kier alpha value is -2.22. The van der Waals surface area contributed by atoms with Crippen molar-refractivity contribution >= 4 is 5.91 Å². The molecule has 0 heterocycles. The lowest BCUT2D eigenvalue weighted by Crippen LogP contribution is -2.22. The van der Waals surface area contributed by atoms with Crippen molar-refractivity contribution in [1.82, 2.24) is 5.32 Å². The summed E-state index contributed by atoms with van der Waals surface area (Å²) in [4.78, 5) is 11.2. The molecular formula is C12H14N2O3. The van der Waals surface area contributed by atoms with Gasteiger partial charge in [0.2, 0.25) is 5.91 Å². The predicted molar refractivity (Wildman–Crippen MR) is 61.6 cm³/mol. The largest absolute Gasteiger partial charge is 0.497 e. The topological polar surface area (TPSA) is 71.3 Å². The fourth-order valence-corrected chi connectivity index (χ4v) is 1.35. The molecule has 17 heavy (non-hydrogen) atoms. The molecule has 0 aromatic heterocycles. The van der Waals surface area contributed by atoms with Crippen LogP contribution in [-0.4, -0.2) is 20.1 Å². The Balaban J connectivity index is 2.74. The SMILES string of the molecule is COc1ccc(OC)c(CNC(=O)CC#N)c1. The van der Waals surface area contributed by atoms with Gasteiger partial charge in [0.15, 0.2) is 0 Å². The Morgan fingerprint density at radius 1 is 1.41 bits per heavy atom. The predicted octanol–water partition coefficient (Wildman–Crippen LogP) is 1.23. The lowest BCUT2D eigenvalue weighted by Gasteiger charge is -2.10. The third-order valence-corrected chi connectivity index (χ3v) is 2.20. The van der Waals surface area contributed by atoms with Gasteiger partial charge in [-0.1, -0.05) is 0 Å². The van der Waals surface area contributed by atoms with Crippen LogP contribution in [0.4, 0.5) is 0 Å². The highest BCUT2D eigenvalue weighted by Crippen LogP contribution is 2.23. The van der Waals surface area contributed by atoms with Gasteiger partial charge in [0, 0.05) is 12.1 Å². The molecule has 0 atom stereocenters. The minimum Gasteiger partial charge on any atom is -0.497 e. The monoisotopic (exact) mass is 234 g/mol. The first-order valence-corrected chi connectivity index (χ1v) is 5.05. The van der Waals surface area contributed by atoms with Crippen LogP contribution in [0.25, 0.3) is 0 Å². The fourth-order valence-electron chi connectivity index (χ4n) is 1.35. The van der Waals surface area contributed by atoms with Gasteiger partial charge in [0.25, 0.3) is 0 Å². The number of amides is 1. The zero-order chi connectivity index (χ0) is 12.7. The molecule has 0 saturated heterocycles. The second kappa shape index (κ2) is 6.38. The molecule has 0 unspecified atom stereocenters. The summed E-state index contributed by atoms with van der Waals surface area (Å²) < 4.78 is 10.3. The number of carbonyl (C=O) groups is 1. The van der Waals surface area contributed by atoms with E-state index in [1.807, 2.05) is 0 Å². The first-order valence-electron chi connectivity index (χ1n) is 5.05. The molecule has 5 heteroatoms. The van der Waals surface area contributed by atoms with Crippen molar-refractivity contribution in [1.29, 1.82) is 5.26 Å². The van der Waals surface area contributed by atoms with Gasteiger partial charge in [-0.3, -0.25) is 4.79 Å². The number of nitrogens with zero attached hydrogens (tertiary/aromatic N) is 1. The molecule has 0 fully saturated rings. The molecule has 1 aromatic carbocycles. The van der Waals surface area contributed by atoms with Crippen molar-refractivity contribution in [3.8, 4) is 17.6 Å². The second-order valence-corrected chi connectivity index (χ2v) is 3.29. The van der Waals surface area contributed by atoms with E-state index >= 15 is 0 Å². The van der Waals surface area contributed by atoms with E-state index in [-0.39, 0.29) is 12.3 Å². The van der Waals surface area contributed by atoms with Crippen molar-refractivity contribution < 1.29 is 14.3 Å². The smallest absolute Gasteiger partial charge is 0.234 e. The summed E-state index contributed by atoms with van der Waals surface area (Å²) in [6.07, 6.45) is -0.147. The van der Waals surface area contributed by atoms with Gasteiger partial charge >= 0.3 is 0 Å². The van der Waals surface area contributed by atoms with E-state index in [1.165, 1.54) is 0 Å². The number of benzene rings is 1. The number of methoxy groups -OCH3 is 2. The van der Waals surface area contributed by atoms with Gasteiger partial charge in [-0.15, -0.1) is 0 Å². The summed E-state index contributed by atoms with van der Waals surface area (Å²) in [5.74, 6) is 1.05. The second-order valence-electron chi connectivity index (χ2n) is 3.29. The Kier molecular flexibility index (Phi) is 4.82. The van der Waals surface area contributed by atoms with Gasteiger partial charge in [0.05, 0.1) is 20.3 Å². The number of hydrogen-bond donors (Lipinski definition) is 1. The minimum absolute atomic E-state index is 0.147. The summed E-state index contributed by atoms with van der Waals surface area (Å²) in [5.41, 5.74) is 0.804. The summed E-state index contributed by atoms with van der Waals surface area (Å²) in [6, 6.07) is 7.12. The number of nitriles is 1. The zero-order valence-corrected chi connectivity index (χ0v) is 9.82. The third-order valence-electron chi connectivity index (χ3n) is 2.20. The lowest BCUT2D eigenvalue weighted by atomic mass is 10.2. The molecule has 0 saturated carbocycles. The van der Waals surface area contributed by atoms with Crippen LogP contribution in [0.5, 0.6) is 11.5 Å². The first kappa shape index (κ1) is 12.8. The van der Waals surface area contributed by atoms with Crippen molar-refractivity contribution in [3.05, 3.63) is 23.8 Å². The lowest BCUT2D eigenvalue weighted by molar-refractivity contribution is -0.120. The van der Waals surface area contributed by atoms with E-state index in [4.69, 9.17) is 14.7 Å². The van der Waals surface area contributed by atoms with Crippen LogP contribution in [0.1, 0.15) is 12.0 Å². The van der Waals surface area contributed by atoms with Crippen LogP contribution < -0.4 is 14.8 Å². The standard InChI is InChI=1S/C12H14N2O3/c1-16-10-3-4-11(17-2)9(7-10)8-14-12(15)5-6-13/h3-4,7H,5,8H2,1-2H3,(H,14,15). The molecule has 0 aliphatic carbocycles. The van der Waals surface area contributed by atoms with Gasteiger partial charge < -0.3 is 14.8 Å². The first-order chi connectivity index (χ1) is 8.21. The van der Waals surface area contributed by atoms with Crippen LogP contribution in [0.2, 0.25) is 0 Å². The van der Waals surface area contributed by atoms with E-state index in [1.54, 1.807) is 38.5 Å². The normalized spacial score (nSPS) is 9.24. The molecular weight excluding hydrogens is 220 g/mol. The quantitative estimate of drug-likeness (QED) is 0.831. The molecule has 1 amide bonds. The molecule has 1 N–H and O–H groups in total. The number of ether oxygens (including phenoxy) is 2. The summed E-state index contributed by atoms with van der Waals surface area (Å²) in [5, 5.41) is 11.0. The average Bonchev–Trinajstić information content (AvgIpc) is 2.36. The molecule has 0 bridgehead atoms. The van der Waals surface area contributed by atoms with Crippen LogP contribution in [0.3, 0.4) is 0 Å². The molecule has 0 aliphatic heterocycles. The van der Waals surface area contributed by atoms with Crippen molar-refractivity contribution in [2.24, 2.45) is 0 Å². The van der Waals surface area contributed by atoms with Gasteiger partial charge in [-0.25, -0.2) is 0 Å². The van der Waals surface area contributed by atoms with E-state index in [2.05, 4.69) is 5.32 Å². The van der Waals surface area contributed by atoms with Gasteiger partial charge in [-0.05, 0) is 18.2 Å². The highest BCUT2D eigenvalue weighted by Gasteiger charge is 2.06. The molecule has 90 valence electrons. The number of carbonyl (C=O) groups excluding carboxylic acids is 1. The average molecular weight is 234 g/mol. The molecule has 0 aliphatic rings. The van der Waals surface area contributed by atoms with E-state index in [0.717, 1.165) is 5.56 Å². The molecule has 5 nitrogen and oxygen atoms in total. The molecule has 1 rings (SSSR count). The van der Waals surface area contributed by atoms with Gasteiger partial charge in [0.1, 0.15) is 17.9 Å². The minimum atomic E-state index is -0.308. The maximum absolute atomic E-state index is 11.2. The highest BCUT2D eigenvalue weighted by molar-refractivity contribution is 5.78. The van der Waals surface area contributed by atoms with E-state index in [9.17, 15) is 4.79 Å². The number of nitrogens with one attached hydrogen (secondary N) is 1. The Labute approximate surface area is 100.0 Å². The molecule has 0 spiro atoms. The van der Waals surface area contributed by atoms with E-state index < -0.39 is 0 Å². The van der Waals surface area contributed by atoms with E-state index in [0.29, 0.717) is 18.0 Å². The highest BCUT2D eigenvalue weighted by atomic mass is 16.5. The van der Waals surface area contributed by atoms with Crippen LogP contribution in [-0.2, 0) is 11.3 Å². The summed E-state index contributed by atoms with van der Waals surface area (Å²) >= 11 is 0. The summed E-state index contributed by atoms with van der Waals surface area (Å²) in [7, 11) is 3.13. The van der Waals surface area contributed by atoms with Crippen molar-refractivity contribution in [3.63, 3.8) is 0 Å². The molecule has 0 radical (unpaired) electrons. The Bertz CT molecular complexity index is 438. The number of hydrogen-bond acceptors (Lipinski definition) is 4. The number of rotatable bonds is 5. The van der Waals surface area contributed by atoms with Crippen molar-refractivity contribution in [2.45, 2.75) is 13.0 Å². The third kappa shape index (κ3) is 3.68. The van der Waals surface area contributed by atoms with Crippen LogP contribution >= 0.6 is 0 Å². The fraction of sp³-hybridized carbons (Fsp3) is 0.333. The zero-order valence-electron chi connectivity index (χ0n) is 9.82. The van der Waals surface area contributed by atoms with Crippen LogP contribution in [0, 0.1) is 11.3 Å². The maximum atomic E-state index is 11.2. The summed E-state index contributed by atoms with van der Waals surface area (Å²) in [6.45, 7) is 0.306. The Morgan fingerprint density at radius 2 is 2.18 bits per heavy atom.